The van der Waals surface area contributed by atoms with E-state index in [-0.39, 0.29) is 0 Å². The van der Waals surface area contributed by atoms with Crippen LogP contribution >= 0.6 is 27.5 Å². The summed E-state index contributed by atoms with van der Waals surface area (Å²) in [5.74, 6) is 1.59. The highest BCUT2D eigenvalue weighted by molar-refractivity contribution is 9.10. The summed E-state index contributed by atoms with van der Waals surface area (Å²) in [7, 11) is 0. The van der Waals surface area contributed by atoms with Crippen LogP contribution in [0.5, 0.6) is 0 Å². The number of hydrogen-bond donors (Lipinski definition) is 0. The van der Waals surface area contributed by atoms with Gasteiger partial charge in [-0.1, -0.05) is 15.9 Å². The fraction of sp³-hybridized carbons (Fsp3) is 0.250. The number of halogens is 2. The van der Waals surface area contributed by atoms with E-state index in [1.54, 1.807) is 0 Å². The summed E-state index contributed by atoms with van der Waals surface area (Å²) in [6.07, 6.45) is 4.49. The van der Waals surface area contributed by atoms with Gasteiger partial charge in [0.2, 0.25) is 0 Å². The van der Waals surface area contributed by atoms with Gasteiger partial charge in [-0.3, -0.25) is 4.98 Å². The summed E-state index contributed by atoms with van der Waals surface area (Å²) < 4.78 is 3.30. The number of benzene rings is 1. The Hall–Kier alpha value is -1.39. The predicted molar refractivity (Wildman–Crippen MR) is 89.9 cm³/mol. The molecule has 21 heavy (non-hydrogen) atoms. The third-order valence-corrected chi connectivity index (χ3v) is 4.25. The number of alkyl halides is 1. The van der Waals surface area contributed by atoms with Gasteiger partial charge in [0.05, 0.1) is 11.0 Å². The molecular weight excluding hydrogens is 350 g/mol. The molecule has 3 rings (SSSR count). The quantitative estimate of drug-likeness (QED) is 0.645. The maximum absolute atomic E-state index is 5.93. The molecule has 3 nitrogen and oxygen atoms in total. The molecule has 0 N–H and O–H groups in total. The van der Waals surface area contributed by atoms with Crippen molar-refractivity contribution in [2.75, 3.05) is 5.88 Å². The van der Waals surface area contributed by atoms with Crippen LogP contribution in [0.3, 0.4) is 0 Å². The minimum Gasteiger partial charge on any atom is -0.323 e. The van der Waals surface area contributed by atoms with Crippen LogP contribution in [0.1, 0.15) is 17.0 Å². The highest BCUT2D eigenvalue weighted by Crippen LogP contribution is 2.23. The molecule has 0 saturated heterocycles. The van der Waals surface area contributed by atoms with Gasteiger partial charge in [-0.15, -0.1) is 11.6 Å². The molecule has 5 heteroatoms. The van der Waals surface area contributed by atoms with Crippen molar-refractivity contribution in [3.63, 3.8) is 0 Å². The molecular formula is C16H15BrClN3. The zero-order valence-corrected chi connectivity index (χ0v) is 14.0. The summed E-state index contributed by atoms with van der Waals surface area (Å²) in [6, 6.07) is 8.22. The normalized spacial score (nSPS) is 11.2. The Morgan fingerprint density at radius 3 is 2.90 bits per heavy atom. The van der Waals surface area contributed by atoms with Gasteiger partial charge in [0.15, 0.2) is 0 Å². The summed E-state index contributed by atoms with van der Waals surface area (Å²) in [5, 5.41) is 0. The second kappa shape index (κ2) is 6.16. The molecule has 0 atom stereocenters. The maximum Gasteiger partial charge on any atom is 0.111 e. The lowest BCUT2D eigenvalue weighted by Crippen LogP contribution is -2.07. The number of pyridine rings is 1. The molecule has 0 spiro atoms. The molecule has 0 radical (unpaired) electrons. The van der Waals surface area contributed by atoms with Gasteiger partial charge in [-0.2, -0.15) is 0 Å². The number of nitrogens with zero attached hydrogens (tertiary/aromatic N) is 3. The van der Waals surface area contributed by atoms with E-state index < -0.39 is 0 Å². The molecule has 0 unspecified atom stereocenters. The Kier molecular flexibility index (Phi) is 4.27. The molecule has 0 aliphatic heterocycles. The van der Waals surface area contributed by atoms with Crippen molar-refractivity contribution in [3.8, 4) is 0 Å². The smallest absolute Gasteiger partial charge is 0.111 e. The Balaban J connectivity index is 2.12. The topological polar surface area (TPSA) is 30.7 Å². The summed E-state index contributed by atoms with van der Waals surface area (Å²) >= 11 is 9.47. The molecule has 0 aliphatic carbocycles. The zero-order chi connectivity index (χ0) is 14.8. The minimum atomic E-state index is 0.569. The number of hydrogen-bond acceptors (Lipinski definition) is 2. The summed E-state index contributed by atoms with van der Waals surface area (Å²) in [4.78, 5) is 8.87. The molecule has 1 aromatic carbocycles. The number of aromatic nitrogens is 3. The summed E-state index contributed by atoms with van der Waals surface area (Å²) in [5.41, 5.74) is 4.57. The lowest BCUT2D eigenvalue weighted by molar-refractivity contribution is 0.750. The average Bonchev–Trinajstić information content (AvgIpc) is 2.79. The largest absolute Gasteiger partial charge is 0.323 e. The number of aryl methyl sites for hydroxylation is 2. The van der Waals surface area contributed by atoms with Crippen molar-refractivity contribution >= 4 is 38.6 Å². The second-order valence-electron chi connectivity index (χ2n) is 4.99. The second-order valence-corrected chi connectivity index (χ2v) is 6.28. The third kappa shape index (κ3) is 2.97. The molecule has 2 heterocycles. The Labute approximate surface area is 137 Å². The van der Waals surface area contributed by atoms with E-state index in [1.165, 1.54) is 11.1 Å². The highest BCUT2D eigenvalue weighted by atomic mass is 79.9. The van der Waals surface area contributed by atoms with E-state index in [2.05, 4.69) is 44.5 Å². The van der Waals surface area contributed by atoms with Crippen LogP contribution in [0.2, 0.25) is 0 Å². The van der Waals surface area contributed by atoms with E-state index >= 15 is 0 Å². The predicted octanol–water partition coefficient (Wildman–Crippen LogP) is 4.33. The van der Waals surface area contributed by atoms with Crippen molar-refractivity contribution < 1.29 is 0 Å². The van der Waals surface area contributed by atoms with Gasteiger partial charge in [0.1, 0.15) is 5.82 Å². The van der Waals surface area contributed by atoms with Gasteiger partial charge in [0, 0.05) is 35.7 Å². The minimum absolute atomic E-state index is 0.569. The molecule has 0 saturated carbocycles. The van der Waals surface area contributed by atoms with Gasteiger partial charge in [0.25, 0.3) is 0 Å². The fourth-order valence-corrected chi connectivity index (χ4v) is 2.97. The number of fused-ring (bicyclic) bond motifs is 1. The molecule has 2 aromatic heterocycles. The van der Waals surface area contributed by atoms with Crippen LogP contribution < -0.4 is 0 Å². The SMILES string of the molecule is Cc1cnccc1Cn1c(CCCl)nc2ccc(Br)cc21. The van der Waals surface area contributed by atoms with Crippen molar-refractivity contribution in [2.24, 2.45) is 0 Å². The maximum atomic E-state index is 5.93. The lowest BCUT2D eigenvalue weighted by Gasteiger charge is -2.10. The number of imidazole rings is 1. The van der Waals surface area contributed by atoms with Crippen molar-refractivity contribution in [1.29, 1.82) is 0 Å². The first kappa shape index (κ1) is 14.5. The van der Waals surface area contributed by atoms with Gasteiger partial charge in [-0.05, 0) is 42.3 Å². The van der Waals surface area contributed by atoms with Crippen LogP contribution in [0.4, 0.5) is 0 Å². The Bertz CT molecular complexity index is 782. The average molecular weight is 365 g/mol. The zero-order valence-electron chi connectivity index (χ0n) is 11.7. The first-order valence-electron chi connectivity index (χ1n) is 6.79. The highest BCUT2D eigenvalue weighted by Gasteiger charge is 2.12. The third-order valence-electron chi connectivity index (χ3n) is 3.57. The van der Waals surface area contributed by atoms with Crippen molar-refractivity contribution in [2.45, 2.75) is 19.9 Å². The van der Waals surface area contributed by atoms with Crippen LogP contribution in [0, 0.1) is 6.92 Å². The van der Waals surface area contributed by atoms with Crippen LogP contribution in [-0.4, -0.2) is 20.4 Å². The lowest BCUT2D eigenvalue weighted by atomic mass is 10.1. The molecule has 3 aromatic rings. The first-order chi connectivity index (χ1) is 10.2. The van der Waals surface area contributed by atoms with Gasteiger partial charge >= 0.3 is 0 Å². The van der Waals surface area contributed by atoms with E-state index in [0.29, 0.717) is 5.88 Å². The molecule has 0 aliphatic rings. The monoisotopic (exact) mass is 363 g/mol. The Morgan fingerprint density at radius 1 is 1.29 bits per heavy atom. The number of rotatable bonds is 4. The first-order valence-corrected chi connectivity index (χ1v) is 8.12. The van der Waals surface area contributed by atoms with Gasteiger partial charge in [-0.25, -0.2) is 4.98 Å². The van der Waals surface area contributed by atoms with Crippen molar-refractivity contribution in [1.82, 2.24) is 14.5 Å². The van der Waals surface area contributed by atoms with Crippen molar-refractivity contribution in [3.05, 3.63) is 58.1 Å². The standard InChI is InChI=1S/C16H15BrClN3/c1-11-9-19-7-5-12(11)10-21-15-8-13(17)2-3-14(15)20-16(21)4-6-18/h2-3,5,7-9H,4,6,10H2,1H3. The fourth-order valence-electron chi connectivity index (χ4n) is 2.45. The molecule has 0 bridgehead atoms. The van der Waals surface area contributed by atoms with Crippen LogP contribution in [0.15, 0.2) is 41.1 Å². The van der Waals surface area contributed by atoms with Gasteiger partial charge < -0.3 is 4.57 Å². The van der Waals surface area contributed by atoms with E-state index in [4.69, 9.17) is 16.6 Å². The van der Waals surface area contributed by atoms with Crippen LogP contribution in [0.25, 0.3) is 11.0 Å². The molecule has 0 amide bonds. The van der Waals surface area contributed by atoms with E-state index in [0.717, 1.165) is 34.3 Å². The summed E-state index contributed by atoms with van der Waals surface area (Å²) in [6.45, 7) is 2.87. The Morgan fingerprint density at radius 2 is 2.14 bits per heavy atom. The van der Waals surface area contributed by atoms with E-state index in [9.17, 15) is 0 Å². The molecule has 108 valence electrons. The van der Waals surface area contributed by atoms with E-state index in [1.807, 2.05) is 24.5 Å². The molecule has 0 fully saturated rings. The van der Waals surface area contributed by atoms with Crippen LogP contribution in [-0.2, 0) is 13.0 Å².